The number of hydrogen-bond donors (Lipinski definition) is 2. The van der Waals surface area contributed by atoms with Crippen molar-refractivity contribution < 1.29 is 14.6 Å². The molecular weight excluding hydrogens is 400 g/mol. The number of nitrogens with one attached hydrogen (secondary N) is 1. The van der Waals surface area contributed by atoms with Gasteiger partial charge in [0, 0.05) is 5.69 Å². The van der Waals surface area contributed by atoms with Gasteiger partial charge in [-0.3, -0.25) is 4.79 Å². The third-order valence-electron chi connectivity index (χ3n) is 4.96. The summed E-state index contributed by atoms with van der Waals surface area (Å²) in [6.07, 6.45) is 1.52. The fraction of sp³-hybridized carbons (Fsp3) is 0.0370. The Labute approximate surface area is 185 Å². The van der Waals surface area contributed by atoms with E-state index in [0.29, 0.717) is 23.6 Å². The minimum Gasteiger partial charge on any atom is -0.508 e. The van der Waals surface area contributed by atoms with Gasteiger partial charge in [0.05, 0.1) is 0 Å². The van der Waals surface area contributed by atoms with E-state index in [1.807, 2.05) is 42.5 Å². The standard InChI is InChI=1S/C27H20N2O3/c28-17-22(27(31)29-23-10-12-24(30)13-11-23)16-19-8-14-25(15-9-19)32-18-21-6-3-5-20-4-1-2-7-26(20)21/h1-16,30H,18H2,(H,29,31)/b22-16+. The Kier molecular flexibility index (Phi) is 6.15. The second-order valence-corrected chi connectivity index (χ2v) is 7.17. The average molecular weight is 420 g/mol. The first-order valence-corrected chi connectivity index (χ1v) is 10.0. The van der Waals surface area contributed by atoms with Crippen LogP contribution in [-0.4, -0.2) is 11.0 Å². The smallest absolute Gasteiger partial charge is 0.266 e. The molecule has 156 valence electrons. The summed E-state index contributed by atoms with van der Waals surface area (Å²) < 4.78 is 5.94. The van der Waals surface area contributed by atoms with Gasteiger partial charge in [0.15, 0.2) is 0 Å². The number of rotatable bonds is 6. The van der Waals surface area contributed by atoms with Crippen LogP contribution in [0.15, 0.2) is 96.6 Å². The van der Waals surface area contributed by atoms with Gasteiger partial charge in [-0.15, -0.1) is 0 Å². The first-order chi connectivity index (χ1) is 15.6. The zero-order valence-corrected chi connectivity index (χ0v) is 17.2. The van der Waals surface area contributed by atoms with E-state index in [0.717, 1.165) is 10.9 Å². The topological polar surface area (TPSA) is 82.3 Å². The van der Waals surface area contributed by atoms with Crippen LogP contribution in [0.5, 0.6) is 11.5 Å². The molecule has 0 spiro atoms. The zero-order chi connectivity index (χ0) is 22.3. The molecule has 0 heterocycles. The highest BCUT2D eigenvalue weighted by Gasteiger charge is 2.10. The number of aromatic hydroxyl groups is 1. The van der Waals surface area contributed by atoms with Crippen molar-refractivity contribution in [1.82, 2.24) is 0 Å². The van der Waals surface area contributed by atoms with Crippen molar-refractivity contribution >= 4 is 28.4 Å². The maximum absolute atomic E-state index is 12.4. The van der Waals surface area contributed by atoms with Gasteiger partial charge in [0.2, 0.25) is 0 Å². The summed E-state index contributed by atoms with van der Waals surface area (Å²) in [4.78, 5) is 12.4. The van der Waals surface area contributed by atoms with Crippen LogP contribution in [0.25, 0.3) is 16.8 Å². The number of fused-ring (bicyclic) bond motifs is 1. The van der Waals surface area contributed by atoms with Crippen molar-refractivity contribution in [3.05, 3.63) is 108 Å². The number of ether oxygens (including phenoxy) is 1. The summed E-state index contributed by atoms with van der Waals surface area (Å²) >= 11 is 0. The molecule has 4 aromatic carbocycles. The predicted molar refractivity (Wildman–Crippen MR) is 125 cm³/mol. The van der Waals surface area contributed by atoms with Crippen LogP contribution >= 0.6 is 0 Å². The highest BCUT2D eigenvalue weighted by Crippen LogP contribution is 2.22. The molecule has 0 fully saturated rings. The Morgan fingerprint density at radius 2 is 1.66 bits per heavy atom. The number of nitriles is 1. The Hall–Kier alpha value is -4.56. The largest absolute Gasteiger partial charge is 0.508 e. The summed E-state index contributed by atoms with van der Waals surface area (Å²) in [5, 5.41) is 23.7. The Morgan fingerprint density at radius 3 is 2.41 bits per heavy atom. The lowest BCUT2D eigenvalue weighted by molar-refractivity contribution is -0.112. The molecule has 5 nitrogen and oxygen atoms in total. The second kappa shape index (κ2) is 9.50. The van der Waals surface area contributed by atoms with Gasteiger partial charge in [-0.05, 0) is 64.4 Å². The lowest BCUT2D eigenvalue weighted by Gasteiger charge is -2.09. The van der Waals surface area contributed by atoms with Crippen LogP contribution in [0.2, 0.25) is 0 Å². The number of anilines is 1. The maximum Gasteiger partial charge on any atom is 0.266 e. The Balaban J connectivity index is 1.43. The number of carbonyl (C=O) groups excluding carboxylic acids is 1. The van der Waals surface area contributed by atoms with E-state index in [1.54, 1.807) is 24.3 Å². The molecule has 2 N–H and O–H groups in total. The lowest BCUT2D eigenvalue weighted by Crippen LogP contribution is -2.13. The van der Waals surface area contributed by atoms with Crippen molar-refractivity contribution in [2.45, 2.75) is 6.61 Å². The molecule has 0 radical (unpaired) electrons. The quantitative estimate of drug-likeness (QED) is 0.239. The van der Waals surface area contributed by atoms with Gasteiger partial charge in [-0.2, -0.15) is 5.26 Å². The van der Waals surface area contributed by atoms with Crippen LogP contribution in [-0.2, 0) is 11.4 Å². The summed E-state index contributed by atoms with van der Waals surface area (Å²) in [7, 11) is 0. The van der Waals surface area contributed by atoms with E-state index in [-0.39, 0.29) is 11.3 Å². The van der Waals surface area contributed by atoms with Crippen molar-refractivity contribution in [3.63, 3.8) is 0 Å². The highest BCUT2D eigenvalue weighted by molar-refractivity contribution is 6.09. The predicted octanol–water partition coefficient (Wildman–Crippen LogP) is 5.67. The van der Waals surface area contributed by atoms with Crippen molar-refractivity contribution in [1.29, 1.82) is 5.26 Å². The molecule has 0 atom stereocenters. The Bertz CT molecular complexity index is 1310. The Morgan fingerprint density at radius 1 is 0.938 bits per heavy atom. The third-order valence-corrected chi connectivity index (χ3v) is 4.96. The van der Waals surface area contributed by atoms with Crippen LogP contribution in [0, 0.1) is 11.3 Å². The number of phenolic OH excluding ortho intramolecular Hbond substituents is 1. The van der Waals surface area contributed by atoms with E-state index >= 15 is 0 Å². The molecule has 0 aliphatic carbocycles. The van der Waals surface area contributed by atoms with E-state index < -0.39 is 5.91 Å². The van der Waals surface area contributed by atoms with Crippen LogP contribution in [0.4, 0.5) is 5.69 Å². The summed E-state index contributed by atoms with van der Waals surface area (Å²) in [6.45, 7) is 0.440. The molecule has 32 heavy (non-hydrogen) atoms. The van der Waals surface area contributed by atoms with Crippen LogP contribution in [0.3, 0.4) is 0 Å². The summed E-state index contributed by atoms with van der Waals surface area (Å²) in [5.41, 5.74) is 2.28. The summed E-state index contributed by atoms with van der Waals surface area (Å²) in [6, 6.07) is 29.5. The summed E-state index contributed by atoms with van der Waals surface area (Å²) in [5.74, 6) is 0.276. The molecular formula is C27H20N2O3. The van der Waals surface area contributed by atoms with Crippen LogP contribution in [0.1, 0.15) is 11.1 Å². The second-order valence-electron chi connectivity index (χ2n) is 7.17. The number of amides is 1. The molecule has 0 aliphatic rings. The first kappa shape index (κ1) is 20.7. The molecule has 0 unspecified atom stereocenters. The van der Waals surface area contributed by atoms with E-state index in [9.17, 15) is 15.2 Å². The fourth-order valence-corrected chi connectivity index (χ4v) is 3.30. The van der Waals surface area contributed by atoms with Gasteiger partial charge in [-0.1, -0.05) is 54.6 Å². The van der Waals surface area contributed by atoms with E-state index in [2.05, 4.69) is 23.5 Å². The highest BCUT2D eigenvalue weighted by atomic mass is 16.5. The average Bonchev–Trinajstić information content (AvgIpc) is 2.83. The molecule has 0 aromatic heterocycles. The maximum atomic E-state index is 12.4. The normalized spacial score (nSPS) is 11.0. The first-order valence-electron chi connectivity index (χ1n) is 10.0. The SMILES string of the molecule is N#C/C(=C\c1ccc(OCc2cccc3ccccc23)cc1)C(=O)Nc1ccc(O)cc1. The van der Waals surface area contributed by atoms with Gasteiger partial charge in [0.1, 0.15) is 29.7 Å². The van der Waals surface area contributed by atoms with Gasteiger partial charge >= 0.3 is 0 Å². The van der Waals surface area contributed by atoms with Gasteiger partial charge in [-0.25, -0.2) is 0 Å². The van der Waals surface area contributed by atoms with E-state index in [1.165, 1.54) is 23.6 Å². The minimum absolute atomic E-state index is 0.0255. The number of nitrogens with zero attached hydrogens (tertiary/aromatic N) is 1. The number of phenols is 1. The molecule has 4 aromatic rings. The molecule has 1 amide bonds. The molecule has 5 heteroatoms. The number of carbonyl (C=O) groups is 1. The third kappa shape index (κ3) is 4.94. The molecule has 0 saturated carbocycles. The van der Waals surface area contributed by atoms with Gasteiger partial charge < -0.3 is 15.2 Å². The van der Waals surface area contributed by atoms with Crippen molar-refractivity contribution in [2.75, 3.05) is 5.32 Å². The minimum atomic E-state index is -0.519. The lowest BCUT2D eigenvalue weighted by atomic mass is 10.1. The monoisotopic (exact) mass is 420 g/mol. The van der Waals surface area contributed by atoms with E-state index in [4.69, 9.17) is 4.74 Å². The number of benzene rings is 4. The molecule has 0 bridgehead atoms. The van der Waals surface area contributed by atoms with Gasteiger partial charge in [0.25, 0.3) is 5.91 Å². The molecule has 0 aliphatic heterocycles. The van der Waals surface area contributed by atoms with Crippen molar-refractivity contribution in [3.8, 4) is 17.6 Å². The zero-order valence-electron chi connectivity index (χ0n) is 17.2. The number of hydrogen-bond acceptors (Lipinski definition) is 4. The molecule has 0 saturated heterocycles. The molecule has 4 rings (SSSR count). The fourth-order valence-electron chi connectivity index (χ4n) is 3.30. The van der Waals surface area contributed by atoms with Crippen molar-refractivity contribution in [2.24, 2.45) is 0 Å². The van der Waals surface area contributed by atoms with Crippen LogP contribution < -0.4 is 10.1 Å².